The summed E-state index contributed by atoms with van der Waals surface area (Å²) in [5.74, 6) is 1.37. The van der Waals surface area contributed by atoms with E-state index in [0.29, 0.717) is 11.3 Å². The van der Waals surface area contributed by atoms with E-state index in [2.05, 4.69) is 13.8 Å². The van der Waals surface area contributed by atoms with Gasteiger partial charge in [0.05, 0.1) is 5.69 Å². The van der Waals surface area contributed by atoms with Crippen molar-refractivity contribution in [2.24, 2.45) is 28.0 Å². The van der Waals surface area contributed by atoms with Gasteiger partial charge in [-0.3, -0.25) is 4.99 Å². The molecule has 3 fully saturated rings. The van der Waals surface area contributed by atoms with Crippen molar-refractivity contribution < 1.29 is 0 Å². The van der Waals surface area contributed by atoms with Crippen LogP contribution in [0.15, 0.2) is 47.1 Å². The molecule has 2 nitrogen and oxygen atoms in total. The molecule has 1 aromatic carbocycles. The molecule has 94 valence electrons. The SMILES string of the molecule is CC1(C)C2CC(=Nc3ccccc3)/C(=C\N)C1C2. The first-order valence-electron chi connectivity index (χ1n) is 6.67. The van der Waals surface area contributed by atoms with Gasteiger partial charge in [-0.2, -0.15) is 0 Å². The van der Waals surface area contributed by atoms with E-state index in [1.165, 1.54) is 17.7 Å². The van der Waals surface area contributed by atoms with Crippen molar-refractivity contribution >= 4 is 11.4 Å². The molecule has 3 aliphatic rings. The second-order valence-electron chi connectivity index (χ2n) is 6.03. The third kappa shape index (κ3) is 1.59. The summed E-state index contributed by atoms with van der Waals surface area (Å²) in [6.45, 7) is 4.71. The predicted molar refractivity (Wildman–Crippen MR) is 75.8 cm³/mol. The molecule has 2 bridgehead atoms. The smallest absolute Gasteiger partial charge is 0.0633 e. The van der Waals surface area contributed by atoms with Crippen molar-refractivity contribution in [3.05, 3.63) is 42.1 Å². The van der Waals surface area contributed by atoms with Crippen molar-refractivity contribution in [3.63, 3.8) is 0 Å². The Balaban J connectivity index is 1.94. The summed E-state index contributed by atoms with van der Waals surface area (Å²) in [7, 11) is 0. The lowest BCUT2D eigenvalue weighted by Crippen LogP contribution is -2.52. The molecule has 4 rings (SSSR count). The first-order valence-corrected chi connectivity index (χ1v) is 6.67. The van der Waals surface area contributed by atoms with Crippen LogP contribution in [0.25, 0.3) is 0 Å². The Labute approximate surface area is 109 Å². The molecule has 1 aromatic rings. The van der Waals surface area contributed by atoms with Crippen LogP contribution in [0.1, 0.15) is 26.7 Å². The van der Waals surface area contributed by atoms with E-state index in [1.807, 2.05) is 30.3 Å². The van der Waals surface area contributed by atoms with E-state index in [4.69, 9.17) is 10.7 Å². The number of hydrogen-bond donors (Lipinski definition) is 1. The zero-order chi connectivity index (χ0) is 12.8. The Hall–Kier alpha value is -1.57. The number of nitrogens with zero attached hydrogens (tertiary/aromatic N) is 1. The van der Waals surface area contributed by atoms with Crippen molar-refractivity contribution in [1.82, 2.24) is 0 Å². The first-order chi connectivity index (χ1) is 8.63. The highest BCUT2D eigenvalue weighted by molar-refractivity contribution is 6.04. The van der Waals surface area contributed by atoms with Gasteiger partial charge in [0, 0.05) is 5.71 Å². The minimum Gasteiger partial charge on any atom is -0.404 e. The Morgan fingerprint density at radius 1 is 1.28 bits per heavy atom. The van der Waals surface area contributed by atoms with E-state index >= 15 is 0 Å². The normalized spacial score (nSPS) is 33.4. The van der Waals surface area contributed by atoms with Crippen LogP contribution in [0.3, 0.4) is 0 Å². The standard InChI is InChI=1S/C16H20N2/c1-16(2)11-8-14(16)13(10-17)15(9-11)18-12-6-4-3-5-7-12/h3-7,10-11,14H,8-9,17H2,1-2H3/b13-10-,18-15?. The maximum absolute atomic E-state index is 5.84. The molecule has 3 saturated carbocycles. The van der Waals surface area contributed by atoms with E-state index < -0.39 is 0 Å². The van der Waals surface area contributed by atoms with Crippen LogP contribution in [0.2, 0.25) is 0 Å². The minimum absolute atomic E-state index is 0.404. The molecule has 2 heteroatoms. The second-order valence-corrected chi connectivity index (χ2v) is 6.03. The lowest BCUT2D eigenvalue weighted by atomic mass is 9.47. The van der Waals surface area contributed by atoms with Crippen molar-refractivity contribution in [3.8, 4) is 0 Å². The molecule has 2 unspecified atom stereocenters. The van der Waals surface area contributed by atoms with Crippen LogP contribution >= 0.6 is 0 Å². The molecular weight excluding hydrogens is 220 g/mol. The van der Waals surface area contributed by atoms with Gasteiger partial charge in [-0.25, -0.2) is 0 Å². The number of rotatable bonds is 1. The summed E-state index contributed by atoms with van der Waals surface area (Å²) in [6, 6.07) is 10.2. The molecule has 0 spiro atoms. The summed E-state index contributed by atoms with van der Waals surface area (Å²) in [5.41, 5.74) is 9.75. The molecule has 0 saturated heterocycles. The van der Waals surface area contributed by atoms with Gasteiger partial charge >= 0.3 is 0 Å². The van der Waals surface area contributed by atoms with Crippen LogP contribution in [0.4, 0.5) is 5.69 Å². The van der Waals surface area contributed by atoms with Crippen LogP contribution in [0, 0.1) is 17.3 Å². The fourth-order valence-corrected chi connectivity index (χ4v) is 3.42. The topological polar surface area (TPSA) is 38.4 Å². The zero-order valence-electron chi connectivity index (χ0n) is 11.1. The number of benzene rings is 1. The number of allylic oxidation sites excluding steroid dienone is 1. The highest BCUT2D eigenvalue weighted by Gasteiger charge is 2.54. The second kappa shape index (κ2) is 3.98. The van der Waals surface area contributed by atoms with Gasteiger partial charge in [0.25, 0.3) is 0 Å². The summed E-state index contributed by atoms with van der Waals surface area (Å²) in [4.78, 5) is 4.79. The summed E-state index contributed by atoms with van der Waals surface area (Å²) < 4.78 is 0. The third-order valence-electron chi connectivity index (χ3n) is 4.82. The van der Waals surface area contributed by atoms with Gasteiger partial charge in [0.2, 0.25) is 0 Å². The quantitative estimate of drug-likeness (QED) is 0.799. The van der Waals surface area contributed by atoms with Gasteiger partial charge in [-0.1, -0.05) is 32.0 Å². The lowest BCUT2D eigenvalue weighted by Gasteiger charge is -2.57. The predicted octanol–water partition coefficient (Wildman–Crippen LogP) is 3.67. The van der Waals surface area contributed by atoms with Gasteiger partial charge in [0.15, 0.2) is 0 Å². The van der Waals surface area contributed by atoms with E-state index in [1.54, 1.807) is 6.20 Å². The molecule has 3 aliphatic carbocycles. The Morgan fingerprint density at radius 2 is 2.00 bits per heavy atom. The lowest BCUT2D eigenvalue weighted by molar-refractivity contribution is 0.00131. The molecule has 0 amide bonds. The van der Waals surface area contributed by atoms with Gasteiger partial charge in [-0.15, -0.1) is 0 Å². The van der Waals surface area contributed by atoms with Gasteiger partial charge < -0.3 is 5.73 Å². The molecule has 2 atom stereocenters. The molecule has 0 radical (unpaired) electrons. The third-order valence-corrected chi connectivity index (χ3v) is 4.82. The van der Waals surface area contributed by atoms with E-state index in [-0.39, 0.29) is 0 Å². The average Bonchev–Trinajstić information content (AvgIpc) is 2.39. The van der Waals surface area contributed by atoms with E-state index in [0.717, 1.165) is 18.0 Å². The minimum atomic E-state index is 0.404. The van der Waals surface area contributed by atoms with E-state index in [9.17, 15) is 0 Å². The number of fused-ring (bicyclic) bond motifs is 2. The summed E-state index contributed by atoms with van der Waals surface area (Å²) in [5, 5.41) is 0. The highest BCUT2D eigenvalue weighted by Crippen LogP contribution is 2.60. The summed E-state index contributed by atoms with van der Waals surface area (Å²) >= 11 is 0. The number of hydrogen-bond acceptors (Lipinski definition) is 2. The number of nitrogens with two attached hydrogens (primary N) is 1. The molecule has 2 N–H and O–H groups in total. The van der Waals surface area contributed by atoms with Crippen LogP contribution in [-0.2, 0) is 0 Å². The van der Waals surface area contributed by atoms with Crippen molar-refractivity contribution in [2.75, 3.05) is 0 Å². The monoisotopic (exact) mass is 240 g/mol. The number of para-hydroxylation sites is 1. The Kier molecular flexibility index (Phi) is 2.54. The van der Waals surface area contributed by atoms with Gasteiger partial charge in [0.1, 0.15) is 0 Å². The largest absolute Gasteiger partial charge is 0.404 e. The fraction of sp³-hybridized carbons (Fsp3) is 0.438. The average molecular weight is 240 g/mol. The van der Waals surface area contributed by atoms with Crippen LogP contribution in [-0.4, -0.2) is 5.71 Å². The van der Waals surface area contributed by atoms with Crippen molar-refractivity contribution in [2.45, 2.75) is 26.7 Å². The highest BCUT2D eigenvalue weighted by atomic mass is 14.8. The first kappa shape index (κ1) is 11.5. The molecule has 0 aromatic heterocycles. The zero-order valence-corrected chi connectivity index (χ0v) is 11.1. The molecular formula is C16H20N2. The Bertz CT molecular complexity index is 511. The Morgan fingerprint density at radius 3 is 2.61 bits per heavy atom. The van der Waals surface area contributed by atoms with Crippen molar-refractivity contribution in [1.29, 1.82) is 0 Å². The van der Waals surface area contributed by atoms with Crippen LogP contribution in [0.5, 0.6) is 0 Å². The molecule has 0 heterocycles. The summed E-state index contributed by atoms with van der Waals surface area (Å²) in [6.07, 6.45) is 4.13. The van der Waals surface area contributed by atoms with Crippen LogP contribution < -0.4 is 5.73 Å². The fourth-order valence-electron chi connectivity index (χ4n) is 3.42. The maximum atomic E-state index is 5.84. The van der Waals surface area contributed by atoms with Gasteiger partial charge in [-0.05, 0) is 54.0 Å². The number of aliphatic imine (C=N–C) groups is 1. The molecule has 0 aliphatic heterocycles. The molecule has 18 heavy (non-hydrogen) atoms. The maximum Gasteiger partial charge on any atom is 0.0633 e.